The number of pyridine rings is 1. The minimum absolute atomic E-state index is 0.482. The summed E-state index contributed by atoms with van der Waals surface area (Å²) in [5, 5.41) is 19.3. The molecule has 0 amide bonds. The second kappa shape index (κ2) is 5.13. The number of ether oxygens (including phenoxy) is 1. The molecule has 0 aliphatic heterocycles. The molecule has 0 radical (unpaired) electrons. The van der Waals surface area contributed by atoms with E-state index in [4.69, 9.17) is 5.26 Å². The van der Waals surface area contributed by atoms with Gasteiger partial charge in [-0.3, -0.25) is 0 Å². The zero-order chi connectivity index (χ0) is 13.9. The van der Waals surface area contributed by atoms with Crippen LogP contribution in [0.4, 0.5) is 14.6 Å². The zero-order valence-corrected chi connectivity index (χ0v) is 8.89. The van der Waals surface area contributed by atoms with Crippen LogP contribution in [0.25, 0.3) is 0 Å². The second-order valence-electron chi connectivity index (χ2n) is 2.95. The quantitative estimate of drug-likeness (QED) is 0.462. The smallest absolute Gasteiger partial charge is 0.382 e. The molecule has 0 atom stereocenters. The Morgan fingerprint density at radius 1 is 1.67 bits per heavy atom. The lowest BCUT2D eigenvalue weighted by molar-refractivity contribution is -0.389. The van der Waals surface area contributed by atoms with Crippen LogP contribution in [0.1, 0.15) is 27.9 Å². The van der Waals surface area contributed by atoms with Gasteiger partial charge in [0.05, 0.1) is 18.2 Å². The van der Waals surface area contributed by atoms with Crippen LogP contribution in [-0.4, -0.2) is 23.0 Å². The molecule has 1 heterocycles. The van der Waals surface area contributed by atoms with Gasteiger partial charge in [-0.15, -0.1) is 0 Å². The van der Waals surface area contributed by atoms with Crippen LogP contribution in [-0.2, 0) is 4.74 Å². The molecule has 0 aromatic carbocycles. The summed E-state index contributed by atoms with van der Waals surface area (Å²) in [5.41, 5.74) is -2.56. The summed E-state index contributed by atoms with van der Waals surface area (Å²) in [6.07, 6.45) is -2.63. The van der Waals surface area contributed by atoms with E-state index in [0.29, 0.717) is 6.20 Å². The van der Waals surface area contributed by atoms with Crippen LogP contribution in [0.3, 0.4) is 0 Å². The standard InChI is InChI=1S/C9H5F2N3O4/c1-18-9(15)6-4(2-12)8(14(16)17)13-3-5(6)7(10)11/h3,7H,1H3. The van der Waals surface area contributed by atoms with Crippen molar-refractivity contribution in [1.82, 2.24) is 4.98 Å². The third-order valence-electron chi connectivity index (χ3n) is 2.00. The first kappa shape index (κ1) is 13.4. The highest BCUT2D eigenvalue weighted by molar-refractivity contribution is 5.95. The first-order chi connectivity index (χ1) is 8.43. The number of esters is 1. The first-order valence-electron chi connectivity index (χ1n) is 4.37. The Bertz CT molecular complexity index is 553. The molecular formula is C9H5F2N3O4. The van der Waals surface area contributed by atoms with Crippen molar-refractivity contribution < 1.29 is 23.2 Å². The van der Waals surface area contributed by atoms with Crippen LogP contribution >= 0.6 is 0 Å². The van der Waals surface area contributed by atoms with E-state index >= 15 is 0 Å². The van der Waals surface area contributed by atoms with Gasteiger partial charge in [-0.2, -0.15) is 5.26 Å². The van der Waals surface area contributed by atoms with E-state index in [1.807, 2.05) is 0 Å². The van der Waals surface area contributed by atoms with Gasteiger partial charge in [0, 0.05) is 0 Å². The highest BCUT2D eigenvalue weighted by Crippen LogP contribution is 2.29. The lowest BCUT2D eigenvalue weighted by Crippen LogP contribution is -2.12. The van der Waals surface area contributed by atoms with Gasteiger partial charge in [-0.1, -0.05) is 0 Å². The Morgan fingerprint density at radius 3 is 2.67 bits per heavy atom. The Morgan fingerprint density at radius 2 is 2.28 bits per heavy atom. The molecule has 1 aromatic heterocycles. The van der Waals surface area contributed by atoms with Gasteiger partial charge in [0.15, 0.2) is 5.56 Å². The predicted octanol–water partition coefficient (Wildman–Crippen LogP) is 1.59. The number of hydrogen-bond acceptors (Lipinski definition) is 6. The van der Waals surface area contributed by atoms with E-state index < -0.39 is 39.8 Å². The first-order valence-corrected chi connectivity index (χ1v) is 4.37. The largest absolute Gasteiger partial charge is 0.465 e. The van der Waals surface area contributed by atoms with E-state index in [0.717, 1.165) is 7.11 Å². The summed E-state index contributed by atoms with van der Waals surface area (Å²) in [6, 6.07) is 1.32. The van der Waals surface area contributed by atoms with Crippen molar-refractivity contribution in [3.05, 3.63) is 33.0 Å². The molecule has 9 heteroatoms. The van der Waals surface area contributed by atoms with Crippen molar-refractivity contribution in [1.29, 1.82) is 5.26 Å². The normalized spacial score (nSPS) is 9.94. The summed E-state index contributed by atoms with van der Waals surface area (Å²) >= 11 is 0. The molecule has 0 aliphatic carbocycles. The van der Waals surface area contributed by atoms with Crippen molar-refractivity contribution in [2.45, 2.75) is 6.43 Å². The number of hydrogen-bond donors (Lipinski definition) is 0. The molecule has 0 fully saturated rings. The summed E-state index contributed by atoms with van der Waals surface area (Å²) in [6.45, 7) is 0. The highest BCUT2D eigenvalue weighted by Gasteiger charge is 2.31. The van der Waals surface area contributed by atoms with Crippen molar-refractivity contribution in [2.24, 2.45) is 0 Å². The van der Waals surface area contributed by atoms with Gasteiger partial charge in [0.1, 0.15) is 12.3 Å². The fourth-order valence-electron chi connectivity index (χ4n) is 1.25. The van der Waals surface area contributed by atoms with E-state index in [1.54, 1.807) is 0 Å². The number of methoxy groups -OCH3 is 1. The topological polar surface area (TPSA) is 106 Å². The van der Waals surface area contributed by atoms with Gasteiger partial charge in [0.25, 0.3) is 6.43 Å². The van der Waals surface area contributed by atoms with Gasteiger partial charge < -0.3 is 14.9 Å². The van der Waals surface area contributed by atoms with E-state index in [1.165, 1.54) is 6.07 Å². The fraction of sp³-hybridized carbons (Fsp3) is 0.222. The van der Waals surface area contributed by atoms with Crippen LogP contribution < -0.4 is 0 Å². The van der Waals surface area contributed by atoms with Crippen molar-refractivity contribution in [3.63, 3.8) is 0 Å². The fourth-order valence-corrected chi connectivity index (χ4v) is 1.25. The lowest BCUT2D eigenvalue weighted by Gasteiger charge is -2.07. The minimum Gasteiger partial charge on any atom is -0.465 e. The van der Waals surface area contributed by atoms with E-state index in [2.05, 4.69) is 9.72 Å². The van der Waals surface area contributed by atoms with Crippen LogP contribution in [0.2, 0.25) is 0 Å². The molecule has 1 aromatic rings. The molecule has 0 aliphatic rings. The molecule has 7 nitrogen and oxygen atoms in total. The lowest BCUT2D eigenvalue weighted by atomic mass is 10.0. The van der Waals surface area contributed by atoms with Crippen molar-refractivity contribution in [3.8, 4) is 6.07 Å². The summed E-state index contributed by atoms with van der Waals surface area (Å²) in [4.78, 5) is 24.0. The Hall–Kier alpha value is -2.63. The number of halogens is 2. The number of carbonyl (C=O) groups is 1. The Balaban J connectivity index is 3.68. The maximum atomic E-state index is 12.6. The van der Waals surface area contributed by atoms with Crippen molar-refractivity contribution in [2.75, 3.05) is 7.11 Å². The average molecular weight is 257 g/mol. The maximum absolute atomic E-state index is 12.6. The SMILES string of the molecule is COC(=O)c1c(C(F)F)cnc([N+](=O)[O-])c1C#N. The molecule has 94 valence electrons. The molecular weight excluding hydrogens is 252 g/mol. The molecule has 0 N–H and O–H groups in total. The summed E-state index contributed by atoms with van der Waals surface area (Å²) in [5.74, 6) is -2.23. The predicted molar refractivity (Wildman–Crippen MR) is 51.9 cm³/mol. The Kier molecular flexibility index (Phi) is 3.83. The minimum atomic E-state index is -3.11. The van der Waals surface area contributed by atoms with Gasteiger partial charge in [-0.05, 0) is 9.91 Å². The van der Waals surface area contributed by atoms with Crippen molar-refractivity contribution >= 4 is 11.8 Å². The van der Waals surface area contributed by atoms with Crippen LogP contribution in [0, 0.1) is 21.4 Å². The number of rotatable bonds is 3. The molecule has 0 saturated carbocycles. The Labute approximate surface area is 98.8 Å². The summed E-state index contributed by atoms with van der Waals surface area (Å²) < 4.78 is 29.5. The number of aromatic nitrogens is 1. The second-order valence-corrected chi connectivity index (χ2v) is 2.95. The van der Waals surface area contributed by atoms with E-state index in [-0.39, 0.29) is 0 Å². The number of carbonyl (C=O) groups excluding carboxylic acids is 1. The van der Waals surface area contributed by atoms with Gasteiger partial charge >= 0.3 is 11.8 Å². The third kappa shape index (κ3) is 2.22. The number of nitro groups is 1. The molecule has 0 spiro atoms. The maximum Gasteiger partial charge on any atom is 0.382 e. The molecule has 0 unspecified atom stereocenters. The average Bonchev–Trinajstić information content (AvgIpc) is 2.35. The van der Waals surface area contributed by atoms with Crippen LogP contribution in [0.5, 0.6) is 0 Å². The molecule has 18 heavy (non-hydrogen) atoms. The zero-order valence-electron chi connectivity index (χ0n) is 8.89. The van der Waals surface area contributed by atoms with Gasteiger partial charge in [-0.25, -0.2) is 13.6 Å². The highest BCUT2D eigenvalue weighted by atomic mass is 19.3. The summed E-state index contributed by atoms with van der Waals surface area (Å²) in [7, 11) is 0.908. The van der Waals surface area contributed by atoms with E-state index in [9.17, 15) is 23.7 Å². The van der Waals surface area contributed by atoms with Crippen LogP contribution in [0.15, 0.2) is 6.20 Å². The molecule has 0 bridgehead atoms. The monoisotopic (exact) mass is 257 g/mol. The molecule has 0 saturated heterocycles. The van der Waals surface area contributed by atoms with Gasteiger partial charge in [0.2, 0.25) is 0 Å². The number of alkyl halides is 2. The third-order valence-corrected chi connectivity index (χ3v) is 2.00. The number of nitrogens with zero attached hydrogens (tertiary/aromatic N) is 3. The number of nitriles is 1. The molecule has 1 rings (SSSR count).